The Balaban J connectivity index is 1.97. The Bertz CT molecular complexity index is 1050. The van der Waals surface area contributed by atoms with E-state index in [2.05, 4.69) is 10.3 Å². The van der Waals surface area contributed by atoms with Gasteiger partial charge < -0.3 is 10.4 Å². The average molecular weight is 419 g/mol. The molecule has 0 radical (unpaired) electrons. The molecule has 8 nitrogen and oxygen atoms in total. The number of thioether (sulfide) groups is 1. The predicted octanol–water partition coefficient (Wildman–Crippen LogP) is 2.19. The molecule has 2 N–H and O–H groups in total. The molecule has 0 atom stereocenters. The normalized spacial score (nSPS) is 15.6. The molecule has 3 rings (SSSR count). The predicted molar refractivity (Wildman–Crippen MR) is 112 cm³/mol. The maximum Gasteiger partial charge on any atom is 0.303 e. The van der Waals surface area contributed by atoms with Crippen LogP contribution >= 0.6 is 24.0 Å². The van der Waals surface area contributed by atoms with Gasteiger partial charge in [-0.25, -0.2) is 4.98 Å². The summed E-state index contributed by atoms with van der Waals surface area (Å²) in [5.74, 6) is -0.859. The first-order chi connectivity index (χ1) is 13.4. The summed E-state index contributed by atoms with van der Waals surface area (Å²) in [5.41, 5.74) is 0.483. The maximum atomic E-state index is 12.9. The van der Waals surface area contributed by atoms with Crippen LogP contribution in [0.2, 0.25) is 0 Å². The first-order valence-electron chi connectivity index (χ1n) is 8.64. The number of amides is 1. The van der Waals surface area contributed by atoms with E-state index in [-0.39, 0.29) is 30.0 Å². The summed E-state index contributed by atoms with van der Waals surface area (Å²) in [6, 6.07) is 5.25. The van der Waals surface area contributed by atoms with Gasteiger partial charge in [0.05, 0.1) is 10.5 Å². The van der Waals surface area contributed by atoms with Gasteiger partial charge in [-0.3, -0.25) is 23.7 Å². The van der Waals surface area contributed by atoms with Crippen LogP contribution in [0, 0.1) is 0 Å². The molecule has 2 aromatic heterocycles. The van der Waals surface area contributed by atoms with Crippen LogP contribution in [0.3, 0.4) is 0 Å². The lowest BCUT2D eigenvalue weighted by atomic mass is 10.2. The Morgan fingerprint density at radius 3 is 2.89 bits per heavy atom. The Labute approximate surface area is 170 Å². The fraction of sp³-hybridized carbons (Fsp3) is 0.278. The van der Waals surface area contributed by atoms with Crippen molar-refractivity contribution in [2.45, 2.75) is 19.8 Å². The molecule has 2 aromatic rings. The molecule has 0 unspecified atom stereocenters. The second-order valence-corrected chi connectivity index (χ2v) is 7.64. The van der Waals surface area contributed by atoms with Crippen LogP contribution in [0.25, 0.3) is 11.7 Å². The number of anilines is 1. The number of fused-ring (bicyclic) bond motifs is 1. The zero-order chi connectivity index (χ0) is 20.3. The molecule has 1 saturated heterocycles. The summed E-state index contributed by atoms with van der Waals surface area (Å²) in [4.78, 5) is 42.5. The molecule has 0 aliphatic carbocycles. The number of carboxylic acids is 1. The molecule has 1 amide bonds. The molecule has 28 heavy (non-hydrogen) atoms. The van der Waals surface area contributed by atoms with Crippen molar-refractivity contribution in [1.29, 1.82) is 0 Å². The van der Waals surface area contributed by atoms with Gasteiger partial charge in [0.1, 0.15) is 15.8 Å². The molecule has 1 aliphatic heterocycles. The summed E-state index contributed by atoms with van der Waals surface area (Å²) in [7, 11) is 0. The molecule has 10 heteroatoms. The van der Waals surface area contributed by atoms with E-state index in [0.29, 0.717) is 33.7 Å². The smallest absolute Gasteiger partial charge is 0.303 e. The van der Waals surface area contributed by atoms with Crippen LogP contribution in [-0.2, 0) is 9.59 Å². The van der Waals surface area contributed by atoms with Crippen molar-refractivity contribution in [3.05, 3.63) is 45.2 Å². The number of hydrogen-bond acceptors (Lipinski definition) is 7. The summed E-state index contributed by atoms with van der Waals surface area (Å²) < 4.78 is 1.76. The standard InChI is InChI=1S/C18H18N4O4S2/c1-2-19-15-11(16(25)21-8-4-3-6-13(21)20-15)10-12-17(26)22(18(27)28-12)9-5-7-14(23)24/h3-4,6,8,10,19H,2,5,7,9H2,1H3,(H,23,24)/b12-10-. The fourth-order valence-electron chi connectivity index (χ4n) is 2.75. The van der Waals surface area contributed by atoms with Gasteiger partial charge >= 0.3 is 5.97 Å². The highest BCUT2D eigenvalue weighted by molar-refractivity contribution is 8.26. The Kier molecular flexibility index (Phi) is 6.10. The monoisotopic (exact) mass is 418 g/mol. The van der Waals surface area contributed by atoms with Crippen LogP contribution in [0.5, 0.6) is 0 Å². The number of carboxylic acid groups (broad SMARTS) is 1. The quantitative estimate of drug-likeness (QED) is 0.521. The van der Waals surface area contributed by atoms with Gasteiger partial charge in [0.25, 0.3) is 11.5 Å². The Morgan fingerprint density at radius 2 is 2.18 bits per heavy atom. The van der Waals surface area contributed by atoms with Crippen molar-refractivity contribution < 1.29 is 14.7 Å². The van der Waals surface area contributed by atoms with E-state index >= 15 is 0 Å². The van der Waals surface area contributed by atoms with E-state index < -0.39 is 5.97 Å². The largest absolute Gasteiger partial charge is 0.481 e. The van der Waals surface area contributed by atoms with Gasteiger partial charge in [0, 0.05) is 25.7 Å². The molecular formula is C18H18N4O4S2. The molecule has 146 valence electrons. The molecule has 0 aromatic carbocycles. The highest BCUT2D eigenvalue weighted by Crippen LogP contribution is 2.33. The third-order valence-electron chi connectivity index (χ3n) is 4.03. The van der Waals surface area contributed by atoms with Crippen LogP contribution in [-0.4, -0.2) is 48.7 Å². The second-order valence-electron chi connectivity index (χ2n) is 5.97. The minimum Gasteiger partial charge on any atom is -0.481 e. The zero-order valence-corrected chi connectivity index (χ0v) is 16.7. The van der Waals surface area contributed by atoms with Crippen molar-refractivity contribution in [1.82, 2.24) is 14.3 Å². The molecule has 1 aliphatic rings. The van der Waals surface area contributed by atoms with Crippen molar-refractivity contribution in [3.8, 4) is 0 Å². The number of nitrogens with zero attached hydrogens (tertiary/aromatic N) is 3. The number of aliphatic carboxylic acids is 1. The van der Waals surface area contributed by atoms with E-state index in [0.717, 1.165) is 11.8 Å². The third kappa shape index (κ3) is 4.07. The molecular weight excluding hydrogens is 400 g/mol. The van der Waals surface area contributed by atoms with E-state index in [9.17, 15) is 14.4 Å². The number of rotatable bonds is 7. The fourth-order valence-corrected chi connectivity index (χ4v) is 4.04. The van der Waals surface area contributed by atoms with Crippen molar-refractivity contribution >= 4 is 57.7 Å². The van der Waals surface area contributed by atoms with Gasteiger partial charge in [-0.15, -0.1) is 0 Å². The van der Waals surface area contributed by atoms with E-state index in [4.69, 9.17) is 17.3 Å². The third-order valence-corrected chi connectivity index (χ3v) is 5.41. The number of aromatic nitrogens is 2. The Hall–Kier alpha value is -2.72. The van der Waals surface area contributed by atoms with Crippen molar-refractivity contribution in [2.24, 2.45) is 0 Å². The summed E-state index contributed by atoms with van der Waals surface area (Å²) >= 11 is 6.34. The second kappa shape index (κ2) is 8.53. The van der Waals surface area contributed by atoms with Crippen LogP contribution in [0.1, 0.15) is 25.3 Å². The maximum absolute atomic E-state index is 12.9. The first-order valence-corrected chi connectivity index (χ1v) is 9.87. The van der Waals surface area contributed by atoms with E-state index in [1.807, 2.05) is 6.92 Å². The summed E-state index contributed by atoms with van der Waals surface area (Å²) in [6.45, 7) is 2.68. The molecule has 0 saturated carbocycles. The van der Waals surface area contributed by atoms with E-state index in [1.54, 1.807) is 24.4 Å². The molecule has 1 fully saturated rings. The number of thiocarbonyl (C=S) groups is 1. The minimum atomic E-state index is -0.925. The van der Waals surface area contributed by atoms with Crippen LogP contribution in [0.15, 0.2) is 34.1 Å². The number of carbonyl (C=O) groups is 2. The van der Waals surface area contributed by atoms with Crippen LogP contribution < -0.4 is 10.9 Å². The first kappa shape index (κ1) is 20.0. The highest BCUT2D eigenvalue weighted by atomic mass is 32.2. The topological polar surface area (TPSA) is 104 Å². The summed E-state index contributed by atoms with van der Waals surface area (Å²) in [5, 5.41) is 11.8. The number of hydrogen-bond donors (Lipinski definition) is 2. The molecule has 0 bridgehead atoms. The van der Waals surface area contributed by atoms with Crippen molar-refractivity contribution in [3.63, 3.8) is 0 Å². The van der Waals surface area contributed by atoms with Gasteiger partial charge in [-0.1, -0.05) is 30.0 Å². The lowest BCUT2D eigenvalue weighted by molar-refractivity contribution is -0.137. The lowest BCUT2D eigenvalue weighted by Gasteiger charge is -2.13. The van der Waals surface area contributed by atoms with Gasteiger partial charge in [0.2, 0.25) is 0 Å². The number of carbonyl (C=O) groups excluding carboxylic acids is 1. The average Bonchev–Trinajstić information content (AvgIpc) is 2.92. The van der Waals surface area contributed by atoms with E-state index in [1.165, 1.54) is 15.4 Å². The SMILES string of the molecule is CCNc1nc2ccccn2c(=O)c1/C=C1\SC(=S)N(CCCC(=O)O)C1=O. The van der Waals surface area contributed by atoms with Gasteiger partial charge in [0.15, 0.2) is 0 Å². The Morgan fingerprint density at radius 1 is 1.39 bits per heavy atom. The number of pyridine rings is 1. The molecule has 0 spiro atoms. The van der Waals surface area contributed by atoms with Gasteiger partial charge in [-0.05, 0) is 31.6 Å². The highest BCUT2D eigenvalue weighted by Gasteiger charge is 2.32. The summed E-state index contributed by atoms with van der Waals surface area (Å²) in [6.07, 6.45) is 3.38. The van der Waals surface area contributed by atoms with Gasteiger partial charge in [-0.2, -0.15) is 0 Å². The van der Waals surface area contributed by atoms with Crippen molar-refractivity contribution in [2.75, 3.05) is 18.4 Å². The number of nitrogens with one attached hydrogen (secondary N) is 1. The molecule has 3 heterocycles. The zero-order valence-electron chi connectivity index (χ0n) is 15.0. The lowest BCUT2D eigenvalue weighted by Crippen LogP contribution is -2.29. The minimum absolute atomic E-state index is 0.0450. The van der Waals surface area contributed by atoms with Crippen LogP contribution in [0.4, 0.5) is 5.82 Å².